The molecule has 13 heavy (non-hydrogen) atoms. The Morgan fingerprint density at radius 2 is 1.62 bits per heavy atom. The van der Waals surface area contributed by atoms with Gasteiger partial charge in [-0.25, -0.2) is 0 Å². The first-order valence-electron chi connectivity index (χ1n) is 4.22. The van der Waals surface area contributed by atoms with Crippen LogP contribution in [0.2, 0.25) is 0 Å². The first-order valence-corrected chi connectivity index (χ1v) is 8.15. The Morgan fingerprint density at radius 1 is 1.15 bits per heavy atom. The van der Waals surface area contributed by atoms with Gasteiger partial charge in [0.25, 0.3) is 0 Å². The van der Waals surface area contributed by atoms with Crippen molar-refractivity contribution in [3.8, 4) is 0 Å². The first kappa shape index (κ1) is 11.2. The second-order valence-corrected chi connectivity index (χ2v) is 10.3. The molecule has 1 rings (SSSR count). The van der Waals surface area contributed by atoms with Crippen molar-refractivity contribution in [3.63, 3.8) is 0 Å². The molecule has 1 atom stereocenters. The van der Waals surface area contributed by atoms with Crippen LogP contribution in [0.1, 0.15) is 20.8 Å². The van der Waals surface area contributed by atoms with Crippen LogP contribution in [0, 0.1) is 0 Å². The van der Waals surface area contributed by atoms with Crippen LogP contribution in [-0.2, 0) is 0 Å². The van der Waals surface area contributed by atoms with E-state index in [2.05, 4.69) is 15.1 Å². The van der Waals surface area contributed by atoms with Gasteiger partial charge < -0.3 is 0 Å². The molecule has 72 valence electrons. The summed E-state index contributed by atoms with van der Waals surface area (Å²) in [7, 11) is 0. The van der Waals surface area contributed by atoms with Gasteiger partial charge in [0.1, 0.15) is 0 Å². The van der Waals surface area contributed by atoms with Crippen molar-refractivity contribution in [2.75, 3.05) is 0 Å². The van der Waals surface area contributed by atoms with Crippen LogP contribution in [0.5, 0.6) is 0 Å². The van der Waals surface area contributed by atoms with E-state index in [1.807, 2.05) is 51.1 Å². The van der Waals surface area contributed by atoms with Crippen LogP contribution >= 0.6 is 5.74 Å². The van der Waals surface area contributed by atoms with Crippen LogP contribution in [0.3, 0.4) is 0 Å². The summed E-state index contributed by atoms with van der Waals surface area (Å²) in [4.78, 5) is 12.4. The van der Waals surface area contributed by atoms with Gasteiger partial charge in [-0.05, 0) is 0 Å². The van der Waals surface area contributed by atoms with E-state index in [4.69, 9.17) is 0 Å². The topological polar surface area (TPSA) is 23.1 Å². The van der Waals surface area contributed by atoms with Crippen LogP contribution in [0.4, 0.5) is 0 Å². The SMILES string of the molecule is CC(C)(C)P([O-])(=[Se])c1ccccc1. The fraction of sp³-hybridized carbons (Fsp3) is 0.400. The molecule has 0 saturated carbocycles. The molecule has 0 aromatic heterocycles. The Balaban J connectivity index is 3.17. The zero-order valence-electron chi connectivity index (χ0n) is 8.15. The van der Waals surface area contributed by atoms with Crippen molar-refractivity contribution in [1.82, 2.24) is 0 Å². The summed E-state index contributed by atoms with van der Waals surface area (Å²) in [5.41, 5.74) is -2.35. The number of benzene rings is 1. The Hall–Kier alpha value is 0.129. The van der Waals surface area contributed by atoms with E-state index in [0.717, 1.165) is 5.30 Å². The van der Waals surface area contributed by atoms with Gasteiger partial charge in [-0.3, -0.25) is 0 Å². The molecule has 1 aromatic carbocycles. The van der Waals surface area contributed by atoms with Crippen molar-refractivity contribution in [3.05, 3.63) is 30.3 Å². The average Bonchev–Trinajstić information content (AvgIpc) is 2.04. The maximum absolute atomic E-state index is 12.4. The van der Waals surface area contributed by atoms with Crippen molar-refractivity contribution in [1.29, 1.82) is 0 Å². The molecule has 1 nitrogen and oxygen atoms in total. The maximum atomic E-state index is 12.4. The second-order valence-electron chi connectivity index (χ2n) is 4.06. The fourth-order valence-corrected chi connectivity index (χ4v) is 3.12. The molecule has 0 bridgehead atoms. The summed E-state index contributed by atoms with van der Waals surface area (Å²) in [5.74, 6) is 0. The molecule has 0 aliphatic heterocycles. The van der Waals surface area contributed by atoms with Gasteiger partial charge in [-0.1, -0.05) is 0 Å². The molecule has 0 fully saturated rings. The van der Waals surface area contributed by atoms with Gasteiger partial charge in [0, 0.05) is 0 Å². The first-order chi connectivity index (χ1) is 5.86. The number of hydrogen-bond acceptors (Lipinski definition) is 1. The fourth-order valence-electron chi connectivity index (χ4n) is 1.01. The van der Waals surface area contributed by atoms with Gasteiger partial charge in [0.2, 0.25) is 0 Å². The molecule has 0 heterocycles. The zero-order chi connectivity index (χ0) is 10.1. The Kier molecular flexibility index (Phi) is 3.20. The van der Waals surface area contributed by atoms with Crippen LogP contribution in [0.25, 0.3) is 0 Å². The Labute approximate surface area is 87.5 Å². The third-order valence-electron chi connectivity index (χ3n) is 1.98. The van der Waals surface area contributed by atoms with E-state index in [1.54, 1.807) is 0 Å². The molecule has 0 spiro atoms. The van der Waals surface area contributed by atoms with E-state index >= 15 is 0 Å². The minimum absolute atomic E-state index is 0.200. The van der Waals surface area contributed by atoms with Crippen LogP contribution in [0.15, 0.2) is 30.3 Å². The molecule has 0 amide bonds. The van der Waals surface area contributed by atoms with Gasteiger partial charge in [0.15, 0.2) is 0 Å². The second kappa shape index (κ2) is 3.71. The van der Waals surface area contributed by atoms with Gasteiger partial charge >= 0.3 is 87.3 Å². The molecule has 0 N–H and O–H groups in total. The molecule has 0 saturated heterocycles. The Bertz CT molecular complexity index is 327. The summed E-state index contributed by atoms with van der Waals surface area (Å²) < 4.78 is 0. The average molecular weight is 260 g/mol. The zero-order valence-corrected chi connectivity index (χ0v) is 10.8. The molecular weight excluding hydrogens is 246 g/mol. The van der Waals surface area contributed by atoms with Gasteiger partial charge in [-0.15, -0.1) is 0 Å². The number of rotatable bonds is 1. The third kappa shape index (κ3) is 2.33. The quantitative estimate of drug-likeness (QED) is 0.554. The summed E-state index contributed by atoms with van der Waals surface area (Å²) >= 11 is 2.87. The molecule has 0 aliphatic rings. The van der Waals surface area contributed by atoms with E-state index in [1.165, 1.54) is 0 Å². The monoisotopic (exact) mass is 261 g/mol. The predicted octanol–water partition coefficient (Wildman–Crippen LogP) is 1.49. The molecule has 1 aromatic rings. The third-order valence-corrected chi connectivity index (χ3v) is 9.50. The van der Waals surface area contributed by atoms with E-state index in [0.29, 0.717) is 0 Å². The van der Waals surface area contributed by atoms with E-state index in [9.17, 15) is 4.89 Å². The predicted molar refractivity (Wildman–Crippen MR) is 58.5 cm³/mol. The van der Waals surface area contributed by atoms with Crippen LogP contribution in [-0.4, -0.2) is 20.3 Å². The summed E-state index contributed by atoms with van der Waals surface area (Å²) in [5, 5.41) is 0.719. The van der Waals surface area contributed by atoms with E-state index < -0.39 is 5.74 Å². The summed E-state index contributed by atoms with van der Waals surface area (Å²) in [6.45, 7) is 5.99. The minimum atomic E-state index is -2.35. The summed E-state index contributed by atoms with van der Waals surface area (Å²) in [6.07, 6.45) is 0. The molecule has 3 heteroatoms. The van der Waals surface area contributed by atoms with E-state index in [-0.39, 0.29) is 5.16 Å². The normalized spacial score (nSPS) is 16.6. The van der Waals surface area contributed by atoms with Gasteiger partial charge in [0.05, 0.1) is 0 Å². The molecule has 0 aliphatic carbocycles. The number of hydrogen-bond donors (Lipinski definition) is 0. The molecule has 1 unspecified atom stereocenters. The van der Waals surface area contributed by atoms with Crippen molar-refractivity contribution >= 4 is 26.1 Å². The van der Waals surface area contributed by atoms with Crippen molar-refractivity contribution < 1.29 is 4.89 Å². The molecular formula is C10H14OPSe-. The van der Waals surface area contributed by atoms with Gasteiger partial charge in [-0.2, -0.15) is 0 Å². The molecule has 0 radical (unpaired) electrons. The van der Waals surface area contributed by atoms with Crippen molar-refractivity contribution in [2.45, 2.75) is 25.9 Å². The van der Waals surface area contributed by atoms with Crippen LogP contribution < -0.4 is 10.2 Å². The standard InChI is InChI=1S/C10H15OPSe/c1-10(2,3)12(11,13)9-7-5-4-6-8-9/h4-8H,1-3H3,(H,11,13)/p-1. The summed E-state index contributed by atoms with van der Waals surface area (Å²) in [6, 6.07) is 9.62. The Morgan fingerprint density at radius 3 is 2.00 bits per heavy atom. The van der Waals surface area contributed by atoms with Crippen molar-refractivity contribution in [2.24, 2.45) is 0 Å².